The maximum Gasteiger partial charge on any atom is 0.183 e. The van der Waals surface area contributed by atoms with Gasteiger partial charge in [0.1, 0.15) is 0 Å². The molecule has 1 saturated heterocycles. The Balaban J connectivity index is 2.32. The van der Waals surface area contributed by atoms with Gasteiger partial charge in [-0.3, -0.25) is 0 Å². The highest BCUT2D eigenvalue weighted by atomic mass is 79.9. The largest absolute Gasteiger partial charge is 0.380 e. The van der Waals surface area contributed by atoms with E-state index in [-0.39, 0.29) is 5.25 Å². The van der Waals surface area contributed by atoms with Gasteiger partial charge in [0.05, 0.1) is 16.8 Å². The Bertz CT molecular complexity index is 432. The van der Waals surface area contributed by atoms with Crippen LogP contribution in [0, 0.1) is 0 Å². The van der Waals surface area contributed by atoms with E-state index < -0.39 is 9.84 Å². The molecule has 0 bridgehead atoms. The Morgan fingerprint density at radius 3 is 2.47 bits per heavy atom. The van der Waals surface area contributed by atoms with Gasteiger partial charge in [-0.1, -0.05) is 15.9 Å². The molecule has 3 nitrogen and oxygen atoms in total. The van der Waals surface area contributed by atoms with E-state index in [1.165, 1.54) is 0 Å². The van der Waals surface area contributed by atoms with E-state index in [9.17, 15) is 8.42 Å². The lowest BCUT2D eigenvalue weighted by Gasteiger charge is -2.09. The van der Waals surface area contributed by atoms with E-state index >= 15 is 0 Å². The molecule has 0 radical (unpaired) electrons. The standard InChI is InChI=1S/C10H11BrO3S/c11-8-1-3-9(4-2-8)15(12,13)10-5-6-14-7-10/h1-4,10H,5-7H2/t10-/m1/s1. The zero-order valence-electron chi connectivity index (χ0n) is 8.02. The first-order valence-corrected chi connectivity index (χ1v) is 7.02. The smallest absolute Gasteiger partial charge is 0.183 e. The fourth-order valence-electron chi connectivity index (χ4n) is 1.57. The summed E-state index contributed by atoms with van der Waals surface area (Å²) in [6.07, 6.45) is 0.596. The molecule has 0 aromatic heterocycles. The number of ether oxygens (including phenoxy) is 1. The molecule has 0 saturated carbocycles. The molecule has 1 aliphatic heterocycles. The molecule has 1 aromatic rings. The van der Waals surface area contributed by atoms with E-state index in [1.807, 2.05) is 0 Å². The summed E-state index contributed by atoms with van der Waals surface area (Å²) in [7, 11) is -3.20. The van der Waals surface area contributed by atoms with Crippen LogP contribution in [0.15, 0.2) is 33.6 Å². The van der Waals surface area contributed by atoms with E-state index in [4.69, 9.17) is 4.74 Å². The quantitative estimate of drug-likeness (QED) is 0.837. The minimum Gasteiger partial charge on any atom is -0.380 e. The van der Waals surface area contributed by atoms with Gasteiger partial charge < -0.3 is 4.74 Å². The van der Waals surface area contributed by atoms with Crippen LogP contribution >= 0.6 is 15.9 Å². The van der Waals surface area contributed by atoms with Crippen LogP contribution in [0.25, 0.3) is 0 Å². The molecule has 15 heavy (non-hydrogen) atoms. The van der Waals surface area contributed by atoms with Gasteiger partial charge in [-0.05, 0) is 30.7 Å². The Hall–Kier alpha value is -0.390. The summed E-state index contributed by atoms with van der Waals surface area (Å²) in [6, 6.07) is 6.72. The van der Waals surface area contributed by atoms with Crippen molar-refractivity contribution < 1.29 is 13.2 Å². The van der Waals surface area contributed by atoms with Gasteiger partial charge in [-0.2, -0.15) is 0 Å². The van der Waals surface area contributed by atoms with Gasteiger partial charge in [-0.25, -0.2) is 8.42 Å². The molecular formula is C10H11BrO3S. The van der Waals surface area contributed by atoms with Crippen LogP contribution in [0.3, 0.4) is 0 Å². The summed E-state index contributed by atoms with van der Waals surface area (Å²) in [5.41, 5.74) is 0. The predicted octanol–water partition coefficient (Wildman–Crippen LogP) is 2.01. The monoisotopic (exact) mass is 290 g/mol. The van der Waals surface area contributed by atoms with Gasteiger partial charge in [0.25, 0.3) is 0 Å². The lowest BCUT2D eigenvalue weighted by molar-refractivity contribution is 0.198. The average molecular weight is 291 g/mol. The topological polar surface area (TPSA) is 43.4 Å². The second-order valence-corrected chi connectivity index (χ2v) is 6.63. The maximum atomic E-state index is 12.1. The lowest BCUT2D eigenvalue weighted by atomic mass is 10.4. The average Bonchev–Trinajstić information content (AvgIpc) is 2.71. The highest BCUT2D eigenvalue weighted by Crippen LogP contribution is 2.23. The molecule has 0 N–H and O–H groups in total. The van der Waals surface area contributed by atoms with Crippen LogP contribution in [-0.4, -0.2) is 26.9 Å². The predicted molar refractivity (Wildman–Crippen MR) is 60.6 cm³/mol. The van der Waals surface area contributed by atoms with Crippen molar-refractivity contribution in [3.8, 4) is 0 Å². The molecule has 0 unspecified atom stereocenters. The molecule has 82 valence electrons. The van der Waals surface area contributed by atoms with Crippen LogP contribution in [0.5, 0.6) is 0 Å². The number of hydrogen-bond donors (Lipinski definition) is 0. The summed E-state index contributed by atoms with van der Waals surface area (Å²) in [5, 5.41) is -0.376. The van der Waals surface area contributed by atoms with Crippen LogP contribution in [-0.2, 0) is 14.6 Å². The summed E-state index contributed by atoms with van der Waals surface area (Å²) >= 11 is 3.28. The van der Waals surface area contributed by atoms with Gasteiger partial charge >= 0.3 is 0 Å². The van der Waals surface area contributed by atoms with Crippen molar-refractivity contribution in [3.05, 3.63) is 28.7 Å². The highest BCUT2D eigenvalue weighted by Gasteiger charge is 2.30. The van der Waals surface area contributed by atoms with Gasteiger partial charge in [0, 0.05) is 11.1 Å². The van der Waals surface area contributed by atoms with Gasteiger partial charge in [0.2, 0.25) is 0 Å². The Morgan fingerprint density at radius 2 is 1.93 bits per heavy atom. The molecule has 0 spiro atoms. The molecule has 1 fully saturated rings. The highest BCUT2D eigenvalue weighted by molar-refractivity contribution is 9.10. The van der Waals surface area contributed by atoms with Crippen molar-refractivity contribution >= 4 is 25.8 Å². The van der Waals surface area contributed by atoms with Crippen molar-refractivity contribution in [2.75, 3.05) is 13.2 Å². The number of benzene rings is 1. The molecule has 0 aliphatic carbocycles. The van der Waals surface area contributed by atoms with Crippen molar-refractivity contribution in [1.29, 1.82) is 0 Å². The summed E-state index contributed by atoms with van der Waals surface area (Å²) < 4.78 is 30.1. The zero-order chi connectivity index (χ0) is 10.9. The number of hydrogen-bond acceptors (Lipinski definition) is 3. The molecular weight excluding hydrogens is 280 g/mol. The molecule has 1 aliphatic rings. The Morgan fingerprint density at radius 1 is 1.27 bits per heavy atom. The number of rotatable bonds is 2. The normalized spacial score (nSPS) is 21.8. The van der Waals surface area contributed by atoms with Crippen LogP contribution < -0.4 is 0 Å². The first-order chi connectivity index (χ1) is 7.10. The molecule has 2 rings (SSSR count). The third-order valence-corrected chi connectivity index (χ3v) is 5.18. The summed E-state index contributed by atoms with van der Waals surface area (Å²) in [6.45, 7) is 0.860. The van der Waals surface area contributed by atoms with Crippen LogP contribution in [0.1, 0.15) is 6.42 Å². The van der Waals surface area contributed by atoms with E-state index in [0.29, 0.717) is 24.5 Å². The van der Waals surface area contributed by atoms with Crippen molar-refractivity contribution in [1.82, 2.24) is 0 Å². The van der Waals surface area contributed by atoms with Crippen molar-refractivity contribution in [2.24, 2.45) is 0 Å². The second kappa shape index (κ2) is 4.23. The summed E-state index contributed by atoms with van der Waals surface area (Å²) in [5.74, 6) is 0. The van der Waals surface area contributed by atoms with E-state index in [0.717, 1.165) is 4.47 Å². The number of sulfone groups is 1. The van der Waals surface area contributed by atoms with E-state index in [2.05, 4.69) is 15.9 Å². The minimum atomic E-state index is -3.20. The van der Waals surface area contributed by atoms with Crippen LogP contribution in [0.4, 0.5) is 0 Å². The SMILES string of the molecule is O=S(=O)(c1ccc(Br)cc1)[C@@H]1CCOC1. The fraction of sp³-hybridized carbons (Fsp3) is 0.400. The molecule has 1 atom stereocenters. The molecule has 1 aromatic carbocycles. The van der Waals surface area contributed by atoms with Crippen molar-refractivity contribution in [2.45, 2.75) is 16.6 Å². The first kappa shape index (κ1) is 11.1. The first-order valence-electron chi connectivity index (χ1n) is 4.68. The lowest BCUT2D eigenvalue weighted by Crippen LogP contribution is -2.21. The zero-order valence-corrected chi connectivity index (χ0v) is 10.4. The summed E-state index contributed by atoms with van der Waals surface area (Å²) in [4.78, 5) is 0.376. The van der Waals surface area contributed by atoms with Crippen LogP contribution in [0.2, 0.25) is 0 Å². The van der Waals surface area contributed by atoms with E-state index in [1.54, 1.807) is 24.3 Å². The third-order valence-electron chi connectivity index (χ3n) is 2.47. The second-order valence-electron chi connectivity index (χ2n) is 3.48. The Kier molecular flexibility index (Phi) is 3.13. The Labute approximate surface area is 97.5 Å². The maximum absolute atomic E-state index is 12.1. The fourth-order valence-corrected chi connectivity index (χ4v) is 3.42. The minimum absolute atomic E-state index is 0.318. The van der Waals surface area contributed by atoms with Gasteiger partial charge in [0.15, 0.2) is 9.84 Å². The van der Waals surface area contributed by atoms with Gasteiger partial charge in [-0.15, -0.1) is 0 Å². The molecule has 0 amide bonds. The molecule has 1 heterocycles. The number of halogens is 1. The third kappa shape index (κ3) is 2.24. The molecule has 5 heteroatoms. The van der Waals surface area contributed by atoms with Crippen molar-refractivity contribution in [3.63, 3.8) is 0 Å².